The maximum absolute atomic E-state index is 10.4. The Bertz CT molecular complexity index is 255. The van der Waals surface area contributed by atoms with Gasteiger partial charge >= 0.3 is 5.97 Å². The molecule has 0 aliphatic carbocycles. The summed E-state index contributed by atoms with van der Waals surface area (Å²) >= 11 is 0. The van der Waals surface area contributed by atoms with Crippen LogP contribution in [0.4, 0.5) is 0 Å². The second kappa shape index (κ2) is 8.11. The molecule has 84 valence electrons. The van der Waals surface area contributed by atoms with Crippen LogP contribution in [-0.2, 0) is 9.53 Å². The summed E-state index contributed by atoms with van der Waals surface area (Å²) in [6, 6.07) is 0. The van der Waals surface area contributed by atoms with Crippen LogP contribution in [-0.4, -0.2) is 12.6 Å². The number of hydrogen-bond acceptors (Lipinski definition) is 2. The van der Waals surface area contributed by atoms with Crippen molar-refractivity contribution < 1.29 is 9.53 Å². The molecule has 0 saturated heterocycles. The van der Waals surface area contributed by atoms with Crippen molar-refractivity contribution in [1.29, 1.82) is 0 Å². The van der Waals surface area contributed by atoms with Gasteiger partial charge in [-0.25, -0.2) is 0 Å². The Morgan fingerprint density at radius 3 is 2.60 bits per heavy atom. The zero-order chi connectivity index (χ0) is 11.7. The molecule has 0 fully saturated rings. The van der Waals surface area contributed by atoms with Gasteiger partial charge in [0.05, 0.1) is 0 Å². The summed E-state index contributed by atoms with van der Waals surface area (Å²) in [4.78, 5) is 10.4. The number of carbonyl (C=O) groups is 1. The van der Waals surface area contributed by atoms with Crippen LogP contribution >= 0.6 is 0 Å². The van der Waals surface area contributed by atoms with Crippen molar-refractivity contribution >= 4 is 5.97 Å². The van der Waals surface area contributed by atoms with E-state index >= 15 is 0 Å². The molecule has 1 atom stereocenters. The smallest absolute Gasteiger partial charge is 0.303 e. The van der Waals surface area contributed by atoms with Gasteiger partial charge in [-0.2, -0.15) is 0 Å². The first kappa shape index (κ1) is 13.8. The predicted molar refractivity (Wildman–Crippen MR) is 62.2 cm³/mol. The lowest BCUT2D eigenvalue weighted by Gasteiger charge is -2.15. The van der Waals surface area contributed by atoms with Gasteiger partial charge < -0.3 is 4.74 Å². The molecule has 2 nitrogen and oxygen atoms in total. The molecular formula is C13H20O2. The molecule has 2 heteroatoms. The Morgan fingerprint density at radius 2 is 2.13 bits per heavy atom. The number of allylic oxidation sites excluding steroid dienone is 1. The minimum atomic E-state index is -0.282. The van der Waals surface area contributed by atoms with E-state index in [4.69, 9.17) is 4.74 Å². The lowest BCUT2D eigenvalue weighted by molar-refractivity contribution is -0.139. The third-order valence-corrected chi connectivity index (χ3v) is 2.25. The van der Waals surface area contributed by atoms with Crippen LogP contribution in [0.2, 0.25) is 0 Å². The van der Waals surface area contributed by atoms with Crippen molar-refractivity contribution in [2.75, 3.05) is 6.61 Å². The van der Waals surface area contributed by atoms with E-state index < -0.39 is 0 Å². The molecule has 0 rings (SSSR count). The van der Waals surface area contributed by atoms with Crippen LogP contribution < -0.4 is 0 Å². The minimum absolute atomic E-state index is 0.203. The quantitative estimate of drug-likeness (QED) is 0.394. The summed E-state index contributed by atoms with van der Waals surface area (Å²) < 4.78 is 4.71. The highest BCUT2D eigenvalue weighted by Gasteiger charge is 2.09. The number of carbonyl (C=O) groups excluding carboxylic acids is 1. The molecule has 0 aliphatic heterocycles. The summed E-state index contributed by atoms with van der Waals surface area (Å²) in [7, 11) is 0. The van der Waals surface area contributed by atoms with Gasteiger partial charge in [0.2, 0.25) is 0 Å². The molecule has 0 aromatic carbocycles. The number of esters is 1. The highest BCUT2D eigenvalue weighted by atomic mass is 16.5. The Morgan fingerprint density at radius 1 is 1.47 bits per heavy atom. The van der Waals surface area contributed by atoms with Crippen molar-refractivity contribution in [2.24, 2.45) is 11.8 Å². The summed E-state index contributed by atoms with van der Waals surface area (Å²) in [6.45, 7) is 9.69. The molecule has 0 N–H and O–H groups in total. The SMILES string of the molecule is C=CCC(CC#CCOC(C)=O)C(C)C. The van der Waals surface area contributed by atoms with E-state index in [0.29, 0.717) is 11.8 Å². The first-order valence-electron chi connectivity index (χ1n) is 5.28. The number of hydrogen-bond donors (Lipinski definition) is 0. The Balaban J connectivity index is 3.86. The maximum Gasteiger partial charge on any atom is 0.303 e. The second-order valence-electron chi connectivity index (χ2n) is 3.87. The lowest BCUT2D eigenvalue weighted by Crippen LogP contribution is -2.06. The molecule has 0 saturated carbocycles. The van der Waals surface area contributed by atoms with Crippen LogP contribution in [0, 0.1) is 23.7 Å². The van der Waals surface area contributed by atoms with Crippen molar-refractivity contribution in [3.8, 4) is 11.8 Å². The van der Waals surface area contributed by atoms with Crippen molar-refractivity contribution in [2.45, 2.75) is 33.6 Å². The van der Waals surface area contributed by atoms with E-state index in [1.54, 1.807) is 0 Å². The van der Waals surface area contributed by atoms with E-state index in [0.717, 1.165) is 12.8 Å². The van der Waals surface area contributed by atoms with Gasteiger partial charge in [-0.3, -0.25) is 4.79 Å². The van der Waals surface area contributed by atoms with E-state index in [1.165, 1.54) is 6.92 Å². The first-order chi connectivity index (χ1) is 7.07. The van der Waals surface area contributed by atoms with Crippen LogP contribution in [0.1, 0.15) is 33.6 Å². The summed E-state index contributed by atoms with van der Waals surface area (Å²) in [5.41, 5.74) is 0. The monoisotopic (exact) mass is 208 g/mol. The van der Waals surface area contributed by atoms with Crippen molar-refractivity contribution in [1.82, 2.24) is 0 Å². The molecule has 0 bridgehead atoms. The molecule has 1 unspecified atom stereocenters. The molecule has 15 heavy (non-hydrogen) atoms. The largest absolute Gasteiger partial charge is 0.453 e. The lowest BCUT2D eigenvalue weighted by atomic mass is 9.90. The van der Waals surface area contributed by atoms with Crippen LogP contribution in [0.25, 0.3) is 0 Å². The van der Waals surface area contributed by atoms with Gasteiger partial charge in [-0.05, 0) is 18.3 Å². The first-order valence-corrected chi connectivity index (χ1v) is 5.28. The fraction of sp³-hybridized carbons (Fsp3) is 0.615. The molecule has 0 aromatic rings. The summed E-state index contributed by atoms with van der Waals surface area (Å²) in [5, 5.41) is 0. The third-order valence-electron chi connectivity index (χ3n) is 2.25. The molecule has 0 aromatic heterocycles. The third kappa shape index (κ3) is 7.81. The van der Waals surface area contributed by atoms with Gasteiger partial charge in [0.25, 0.3) is 0 Å². The highest BCUT2D eigenvalue weighted by molar-refractivity contribution is 5.66. The van der Waals surface area contributed by atoms with Crippen LogP contribution in [0.5, 0.6) is 0 Å². The second-order valence-corrected chi connectivity index (χ2v) is 3.87. The Labute approximate surface area is 92.7 Å². The fourth-order valence-electron chi connectivity index (χ4n) is 1.20. The van der Waals surface area contributed by atoms with Crippen molar-refractivity contribution in [3.05, 3.63) is 12.7 Å². The summed E-state index contributed by atoms with van der Waals surface area (Å²) in [5.74, 6) is 6.73. The van der Waals surface area contributed by atoms with E-state index in [1.807, 2.05) is 6.08 Å². The van der Waals surface area contributed by atoms with E-state index in [9.17, 15) is 4.79 Å². The highest BCUT2D eigenvalue weighted by Crippen LogP contribution is 2.18. The Kier molecular flexibility index (Phi) is 7.44. The minimum Gasteiger partial charge on any atom is -0.453 e. The zero-order valence-electron chi connectivity index (χ0n) is 9.88. The molecule has 0 aliphatic rings. The number of rotatable bonds is 5. The van der Waals surface area contributed by atoms with E-state index in [-0.39, 0.29) is 12.6 Å². The molecule has 0 amide bonds. The maximum atomic E-state index is 10.4. The van der Waals surface area contributed by atoms with E-state index in [2.05, 4.69) is 32.3 Å². The molecule has 0 spiro atoms. The van der Waals surface area contributed by atoms with Gasteiger partial charge in [-0.1, -0.05) is 31.8 Å². The average Bonchev–Trinajstić information content (AvgIpc) is 2.15. The Hall–Kier alpha value is -1.23. The zero-order valence-corrected chi connectivity index (χ0v) is 9.88. The van der Waals surface area contributed by atoms with Crippen LogP contribution in [0.15, 0.2) is 12.7 Å². The molecular weight excluding hydrogens is 188 g/mol. The van der Waals surface area contributed by atoms with Crippen molar-refractivity contribution in [3.63, 3.8) is 0 Å². The predicted octanol–water partition coefficient (Wildman–Crippen LogP) is 2.79. The van der Waals surface area contributed by atoms with Gasteiger partial charge in [-0.15, -0.1) is 6.58 Å². The molecule has 0 heterocycles. The average molecular weight is 208 g/mol. The van der Waals surface area contributed by atoms with Gasteiger partial charge in [0.15, 0.2) is 6.61 Å². The van der Waals surface area contributed by atoms with Gasteiger partial charge in [0, 0.05) is 13.3 Å². The summed E-state index contributed by atoms with van der Waals surface area (Å²) in [6.07, 6.45) is 3.75. The number of ether oxygens (including phenoxy) is 1. The van der Waals surface area contributed by atoms with Crippen LogP contribution in [0.3, 0.4) is 0 Å². The normalized spacial score (nSPS) is 11.5. The molecule has 0 radical (unpaired) electrons. The van der Waals surface area contributed by atoms with Gasteiger partial charge in [0.1, 0.15) is 0 Å². The topological polar surface area (TPSA) is 26.3 Å². The fourth-order valence-corrected chi connectivity index (χ4v) is 1.20. The standard InChI is InChI=1S/C13H20O2/c1-5-8-13(11(2)3)9-6-7-10-15-12(4)14/h5,11,13H,1,8-10H2,2-4H3.